The van der Waals surface area contributed by atoms with Crippen molar-refractivity contribution in [1.29, 1.82) is 0 Å². The maximum absolute atomic E-state index is 12.4. The number of carbonyl (C=O) groups is 2. The lowest BCUT2D eigenvalue weighted by molar-refractivity contribution is -0.384. The third-order valence-corrected chi connectivity index (χ3v) is 4.44. The van der Waals surface area contributed by atoms with E-state index in [0.717, 1.165) is 13.0 Å². The molecule has 0 bridgehead atoms. The summed E-state index contributed by atoms with van der Waals surface area (Å²) >= 11 is 23.9. The third kappa shape index (κ3) is 6.74. The number of aliphatic imine (C=N–C) groups is 1. The Hall–Kier alpha value is -2.59. The number of hydroxylamine groups is 1. The molecule has 13 heteroatoms. The number of rotatable bonds is 5. The summed E-state index contributed by atoms with van der Waals surface area (Å²) in [6.45, 7) is 1.12. The molecule has 0 radical (unpaired) electrons. The Balaban J connectivity index is 2.30. The van der Waals surface area contributed by atoms with Gasteiger partial charge in [-0.05, 0) is 18.2 Å². The minimum Gasteiger partial charge on any atom is -0.343 e. The van der Waals surface area contributed by atoms with Crippen LogP contribution >= 0.6 is 46.4 Å². The minimum absolute atomic E-state index is 0.0177. The van der Waals surface area contributed by atoms with E-state index in [0.29, 0.717) is 0 Å². The average Bonchev–Trinajstić information content (AvgIpc) is 2.64. The number of carbonyl (C=O) groups excluding carboxylic acids is 2. The molecule has 0 heterocycles. The van der Waals surface area contributed by atoms with Crippen LogP contribution in [0.1, 0.15) is 13.3 Å². The quantitative estimate of drug-likeness (QED) is 0.251. The van der Waals surface area contributed by atoms with Crippen molar-refractivity contribution in [2.24, 2.45) is 4.99 Å². The SMILES string of the molecule is CC(=O)ONC(CC(=O)Nc1c(Cl)cc(Cl)cc1Cl)=Nc1cc([N+](=O)[O-])ccc1Cl. The van der Waals surface area contributed by atoms with Gasteiger partial charge in [0.05, 0.1) is 37.8 Å². The van der Waals surface area contributed by atoms with Crippen molar-refractivity contribution in [1.82, 2.24) is 5.48 Å². The van der Waals surface area contributed by atoms with Crippen molar-refractivity contribution in [3.8, 4) is 0 Å². The number of non-ortho nitro benzene ring substituents is 1. The van der Waals surface area contributed by atoms with Gasteiger partial charge in [0.15, 0.2) is 0 Å². The fourth-order valence-corrected chi connectivity index (χ4v) is 3.14. The van der Waals surface area contributed by atoms with E-state index in [-0.39, 0.29) is 43.0 Å². The zero-order chi connectivity index (χ0) is 22.4. The van der Waals surface area contributed by atoms with Gasteiger partial charge in [0.2, 0.25) is 5.91 Å². The molecule has 0 aromatic heterocycles. The van der Waals surface area contributed by atoms with Crippen LogP contribution in [0, 0.1) is 10.1 Å². The number of halogens is 4. The highest BCUT2D eigenvalue weighted by Crippen LogP contribution is 2.34. The van der Waals surface area contributed by atoms with Gasteiger partial charge >= 0.3 is 5.97 Å². The smallest absolute Gasteiger partial charge is 0.329 e. The van der Waals surface area contributed by atoms with Gasteiger partial charge in [0, 0.05) is 24.1 Å². The molecular weight excluding hydrogens is 482 g/mol. The number of nitrogens with one attached hydrogen (secondary N) is 2. The molecule has 0 aliphatic heterocycles. The Morgan fingerprint density at radius 1 is 1.10 bits per heavy atom. The van der Waals surface area contributed by atoms with Crippen molar-refractivity contribution in [2.45, 2.75) is 13.3 Å². The lowest BCUT2D eigenvalue weighted by Crippen LogP contribution is -2.30. The molecule has 0 unspecified atom stereocenters. The van der Waals surface area contributed by atoms with E-state index in [1.807, 2.05) is 0 Å². The van der Waals surface area contributed by atoms with Gasteiger partial charge in [0.25, 0.3) is 5.69 Å². The molecule has 0 aliphatic carbocycles. The second kappa shape index (κ2) is 10.4. The largest absolute Gasteiger partial charge is 0.343 e. The summed E-state index contributed by atoms with van der Waals surface area (Å²) in [5.74, 6) is -1.51. The molecule has 2 N–H and O–H groups in total. The first kappa shape index (κ1) is 23.7. The second-order valence-corrected chi connectivity index (χ2v) is 7.27. The van der Waals surface area contributed by atoms with Gasteiger partial charge in [-0.2, -0.15) is 0 Å². The minimum atomic E-state index is -0.711. The summed E-state index contributed by atoms with van der Waals surface area (Å²) < 4.78 is 0. The normalized spacial score (nSPS) is 11.0. The third-order valence-electron chi connectivity index (χ3n) is 3.31. The molecule has 0 atom stereocenters. The number of benzene rings is 2. The number of nitro groups is 1. The first-order valence-corrected chi connectivity index (χ1v) is 9.47. The van der Waals surface area contributed by atoms with Gasteiger partial charge < -0.3 is 10.2 Å². The van der Waals surface area contributed by atoms with E-state index in [4.69, 9.17) is 46.4 Å². The summed E-state index contributed by atoms with van der Waals surface area (Å²) in [5, 5.41) is 14.0. The molecule has 0 saturated heterocycles. The molecule has 1 amide bonds. The van der Waals surface area contributed by atoms with Crippen LogP contribution in [0.15, 0.2) is 35.3 Å². The molecule has 158 valence electrons. The van der Waals surface area contributed by atoms with Crippen molar-refractivity contribution < 1.29 is 19.3 Å². The molecule has 0 fully saturated rings. The fourth-order valence-electron chi connectivity index (χ4n) is 2.07. The molecule has 2 rings (SSSR count). The van der Waals surface area contributed by atoms with Crippen LogP contribution in [0.3, 0.4) is 0 Å². The summed E-state index contributed by atoms with van der Waals surface area (Å²) in [7, 11) is 0. The van der Waals surface area contributed by atoms with E-state index < -0.39 is 23.2 Å². The summed E-state index contributed by atoms with van der Waals surface area (Å²) in [5.41, 5.74) is 2.05. The van der Waals surface area contributed by atoms with E-state index in [1.165, 1.54) is 24.3 Å². The van der Waals surface area contributed by atoms with Crippen LogP contribution in [0.4, 0.5) is 17.1 Å². The van der Waals surface area contributed by atoms with E-state index >= 15 is 0 Å². The monoisotopic (exact) mass is 492 g/mol. The van der Waals surface area contributed by atoms with E-state index in [9.17, 15) is 19.7 Å². The molecule has 30 heavy (non-hydrogen) atoms. The highest BCUT2D eigenvalue weighted by atomic mass is 35.5. The number of amides is 1. The van der Waals surface area contributed by atoms with Gasteiger partial charge in [-0.1, -0.05) is 46.4 Å². The first-order chi connectivity index (χ1) is 14.1. The number of anilines is 1. The lowest BCUT2D eigenvalue weighted by atomic mass is 10.2. The number of hydrogen-bond donors (Lipinski definition) is 2. The van der Waals surface area contributed by atoms with Crippen molar-refractivity contribution in [2.75, 3.05) is 5.32 Å². The Bertz CT molecular complexity index is 1020. The zero-order valence-electron chi connectivity index (χ0n) is 15.0. The van der Waals surface area contributed by atoms with Gasteiger partial charge in [-0.15, -0.1) is 0 Å². The predicted molar refractivity (Wildman–Crippen MR) is 115 cm³/mol. The highest BCUT2D eigenvalue weighted by Gasteiger charge is 2.16. The maximum atomic E-state index is 12.4. The summed E-state index contributed by atoms with van der Waals surface area (Å²) in [4.78, 5) is 42.6. The van der Waals surface area contributed by atoms with Crippen LogP contribution < -0.4 is 10.8 Å². The fraction of sp³-hybridized carbons (Fsp3) is 0.118. The summed E-state index contributed by atoms with van der Waals surface area (Å²) in [6, 6.07) is 6.34. The highest BCUT2D eigenvalue weighted by molar-refractivity contribution is 6.42. The van der Waals surface area contributed by atoms with E-state index in [2.05, 4.69) is 20.6 Å². The molecule has 0 aliphatic rings. The van der Waals surface area contributed by atoms with Crippen LogP contribution in [-0.2, 0) is 14.4 Å². The second-order valence-electron chi connectivity index (χ2n) is 5.62. The molecular formula is C17H12Cl4N4O5. The molecule has 0 spiro atoms. The number of amidine groups is 1. The average molecular weight is 494 g/mol. The summed E-state index contributed by atoms with van der Waals surface area (Å²) in [6.07, 6.45) is -0.443. The number of hydrogen-bond acceptors (Lipinski definition) is 6. The maximum Gasteiger partial charge on any atom is 0.329 e. The standard InChI is InChI=1S/C17H12Cl4N4O5/c1-8(26)30-24-15(22-14-6-10(25(28)29)2-3-11(14)19)7-16(27)23-17-12(20)4-9(18)5-13(17)21/h2-6H,7H2,1H3,(H,22,24)(H,23,27). The van der Waals surface area contributed by atoms with Crippen LogP contribution in [0.5, 0.6) is 0 Å². The Kier molecular flexibility index (Phi) is 8.24. The van der Waals surface area contributed by atoms with Gasteiger partial charge in [-0.25, -0.2) is 10.5 Å². The zero-order valence-corrected chi connectivity index (χ0v) is 18.1. The Morgan fingerprint density at radius 2 is 1.73 bits per heavy atom. The molecule has 2 aromatic rings. The van der Waals surface area contributed by atoms with Crippen LogP contribution in [-0.4, -0.2) is 22.6 Å². The van der Waals surface area contributed by atoms with Crippen molar-refractivity contribution in [3.63, 3.8) is 0 Å². The predicted octanol–water partition coefficient (Wildman–Crippen LogP) is 5.33. The number of nitro benzene ring substituents is 1. The molecule has 2 aromatic carbocycles. The molecule has 9 nitrogen and oxygen atoms in total. The molecule has 0 saturated carbocycles. The Morgan fingerprint density at radius 3 is 2.30 bits per heavy atom. The lowest BCUT2D eigenvalue weighted by Gasteiger charge is -2.12. The van der Waals surface area contributed by atoms with Crippen molar-refractivity contribution >= 4 is 81.2 Å². The Labute approximate surface area is 190 Å². The van der Waals surface area contributed by atoms with Crippen LogP contribution in [0.2, 0.25) is 20.1 Å². The van der Waals surface area contributed by atoms with Crippen molar-refractivity contribution in [3.05, 3.63) is 60.5 Å². The topological polar surface area (TPSA) is 123 Å². The van der Waals surface area contributed by atoms with Gasteiger partial charge in [-0.3, -0.25) is 19.7 Å². The van der Waals surface area contributed by atoms with Gasteiger partial charge in [0.1, 0.15) is 5.84 Å². The number of nitrogens with zero attached hydrogens (tertiary/aromatic N) is 2. The van der Waals surface area contributed by atoms with E-state index in [1.54, 1.807) is 0 Å². The van der Waals surface area contributed by atoms with Crippen LogP contribution in [0.25, 0.3) is 0 Å². The first-order valence-electron chi connectivity index (χ1n) is 7.96.